The molecule has 0 spiro atoms. The molecule has 3 aromatic rings. The van der Waals surface area contributed by atoms with Gasteiger partial charge in [0.1, 0.15) is 6.04 Å². The molecule has 0 aliphatic rings. The number of anilines is 2. The fraction of sp³-hybridized carbons (Fsp3) is 0.556. The average Bonchev–Trinajstić information content (AvgIpc) is 3.18. The number of aromatic nitrogens is 4. The monoisotopic (exact) mass is 787 g/mol. The Morgan fingerprint density at radius 1 is 0.804 bits per heavy atom. The Balaban J connectivity index is 1.17. The molecule has 3 amide bonds. The normalized spacial score (nSPS) is 11.6. The smallest absolute Gasteiger partial charge is 0.326 e. The zero-order valence-electron chi connectivity index (χ0n) is 31.6. The molecule has 0 fully saturated rings. The molecule has 0 radical (unpaired) electrons. The van der Waals surface area contributed by atoms with Crippen molar-refractivity contribution in [2.75, 3.05) is 90.2 Å². The summed E-state index contributed by atoms with van der Waals surface area (Å²) in [7, 11) is 0. The lowest BCUT2D eigenvalue weighted by molar-refractivity contribution is -0.139. The number of amides is 3. The fourth-order valence-electron chi connectivity index (χ4n) is 4.81. The van der Waals surface area contributed by atoms with Crippen LogP contribution in [-0.2, 0) is 44.6 Å². The number of nitrogens with zero attached hydrogens (tertiary/aromatic N) is 3. The first-order chi connectivity index (χ1) is 27.2. The first-order valence-corrected chi connectivity index (χ1v) is 18.5. The number of carboxylic acids is 1. The van der Waals surface area contributed by atoms with Gasteiger partial charge in [0.15, 0.2) is 11.2 Å². The van der Waals surface area contributed by atoms with E-state index in [0.29, 0.717) is 110 Å². The summed E-state index contributed by atoms with van der Waals surface area (Å²) in [4.78, 5) is 75.3. The van der Waals surface area contributed by atoms with E-state index in [4.69, 9.17) is 29.4 Å². The molecule has 0 aliphatic heterocycles. The molecule has 0 saturated heterocycles. The summed E-state index contributed by atoms with van der Waals surface area (Å²) in [5.41, 5.74) is 6.55. The van der Waals surface area contributed by atoms with Crippen LogP contribution >= 0.6 is 0 Å². The van der Waals surface area contributed by atoms with E-state index in [2.05, 4.69) is 41.2 Å². The zero-order chi connectivity index (χ0) is 40.4. The Hall–Kier alpha value is -5.28. The standard InChI is InChI=1S/C36H53N9O11/c1-2-52-17-18-55-16-11-30(47)39-13-4-15-54-20-22-56-21-19-53-14-3-12-38-29(46)10-9-28(35(50)51)43-33(48)25-5-7-26(8-6-25)40-23-27-24-41-32-31(42-27)34(49)45-36(37)44-32/h5-8,24,28,40H,2-4,9-23H2,1H3,(H,38,46)(H,39,47)(H,43,48)(H,50,51)(H3,37,41,44,45,49)/t28-/m0/s1. The molecule has 0 saturated carbocycles. The van der Waals surface area contributed by atoms with E-state index in [0.717, 1.165) is 0 Å². The molecule has 0 bridgehead atoms. The van der Waals surface area contributed by atoms with E-state index < -0.39 is 23.5 Å². The molecule has 0 aliphatic carbocycles. The Morgan fingerprint density at radius 2 is 1.39 bits per heavy atom. The molecule has 56 heavy (non-hydrogen) atoms. The van der Waals surface area contributed by atoms with Crippen molar-refractivity contribution < 1.29 is 48.0 Å². The predicted octanol–water partition coefficient (Wildman–Crippen LogP) is 0.376. The summed E-state index contributed by atoms with van der Waals surface area (Å²) in [5, 5.41) is 20.7. The van der Waals surface area contributed by atoms with Crippen molar-refractivity contribution in [3.63, 3.8) is 0 Å². The highest BCUT2D eigenvalue weighted by atomic mass is 16.5. The van der Waals surface area contributed by atoms with Gasteiger partial charge in [-0.05, 0) is 50.5 Å². The van der Waals surface area contributed by atoms with Gasteiger partial charge >= 0.3 is 5.97 Å². The maximum absolute atomic E-state index is 12.8. The lowest BCUT2D eigenvalue weighted by Gasteiger charge is -2.15. The van der Waals surface area contributed by atoms with Crippen LogP contribution in [0.25, 0.3) is 11.2 Å². The van der Waals surface area contributed by atoms with Crippen molar-refractivity contribution >= 4 is 46.5 Å². The number of rotatable bonds is 30. The molecule has 8 N–H and O–H groups in total. The van der Waals surface area contributed by atoms with Crippen LogP contribution in [0, 0.1) is 0 Å². The number of H-pyrrole nitrogens is 1. The minimum absolute atomic E-state index is 0.0547. The quantitative estimate of drug-likeness (QED) is 0.0450. The Morgan fingerprint density at radius 3 is 2.02 bits per heavy atom. The summed E-state index contributed by atoms with van der Waals surface area (Å²) in [6, 6.07) is 5.05. The van der Waals surface area contributed by atoms with Gasteiger partial charge in [0.25, 0.3) is 11.5 Å². The van der Waals surface area contributed by atoms with Gasteiger partial charge in [0.05, 0.1) is 64.7 Å². The van der Waals surface area contributed by atoms with Crippen LogP contribution in [0.15, 0.2) is 35.3 Å². The van der Waals surface area contributed by atoms with Crippen LogP contribution in [0.3, 0.4) is 0 Å². The Bertz CT molecular complexity index is 1710. The molecular formula is C36H53N9O11. The van der Waals surface area contributed by atoms with E-state index >= 15 is 0 Å². The topological polar surface area (TPSA) is 280 Å². The summed E-state index contributed by atoms with van der Waals surface area (Å²) >= 11 is 0. The number of carbonyl (C=O) groups is 4. The molecular weight excluding hydrogens is 734 g/mol. The van der Waals surface area contributed by atoms with E-state index in [-0.39, 0.29) is 53.9 Å². The maximum atomic E-state index is 12.8. The number of ether oxygens (including phenoxy) is 5. The largest absolute Gasteiger partial charge is 0.480 e. The van der Waals surface area contributed by atoms with Crippen molar-refractivity contribution in [1.29, 1.82) is 0 Å². The fourth-order valence-corrected chi connectivity index (χ4v) is 4.81. The molecule has 1 aromatic carbocycles. The number of fused-ring (bicyclic) bond motifs is 1. The van der Waals surface area contributed by atoms with E-state index in [1.54, 1.807) is 12.1 Å². The van der Waals surface area contributed by atoms with Crippen molar-refractivity contribution in [1.82, 2.24) is 35.9 Å². The van der Waals surface area contributed by atoms with Gasteiger partial charge in [-0.25, -0.2) is 14.8 Å². The van der Waals surface area contributed by atoms with Crippen molar-refractivity contribution in [3.8, 4) is 0 Å². The number of nitrogen functional groups attached to an aromatic ring is 1. The summed E-state index contributed by atoms with van der Waals surface area (Å²) in [6.45, 7) is 7.55. The zero-order valence-corrected chi connectivity index (χ0v) is 31.6. The molecule has 3 rings (SSSR count). The third-order valence-electron chi connectivity index (χ3n) is 7.74. The second kappa shape index (κ2) is 26.5. The van der Waals surface area contributed by atoms with Gasteiger partial charge in [0.2, 0.25) is 17.8 Å². The van der Waals surface area contributed by atoms with Crippen molar-refractivity contribution in [2.45, 2.75) is 51.6 Å². The lowest BCUT2D eigenvalue weighted by Crippen LogP contribution is -2.41. The highest BCUT2D eigenvalue weighted by Crippen LogP contribution is 2.12. The van der Waals surface area contributed by atoms with Gasteiger partial charge in [-0.15, -0.1) is 0 Å². The third kappa shape index (κ3) is 18.4. The highest BCUT2D eigenvalue weighted by molar-refractivity contribution is 5.97. The summed E-state index contributed by atoms with van der Waals surface area (Å²) < 4.78 is 26.9. The molecule has 20 nitrogen and oxygen atoms in total. The van der Waals surface area contributed by atoms with Gasteiger partial charge in [-0.2, -0.15) is 4.98 Å². The molecule has 20 heteroatoms. The van der Waals surface area contributed by atoms with Crippen LogP contribution in [-0.4, -0.2) is 134 Å². The highest BCUT2D eigenvalue weighted by Gasteiger charge is 2.22. The Kier molecular flexibility index (Phi) is 21.4. The summed E-state index contributed by atoms with van der Waals surface area (Å²) in [5.74, 6) is -2.32. The number of hydrogen-bond acceptors (Lipinski definition) is 15. The molecule has 0 unspecified atom stereocenters. The Labute approximate surface area is 324 Å². The van der Waals surface area contributed by atoms with Gasteiger partial charge in [-0.1, -0.05) is 0 Å². The number of carbonyl (C=O) groups excluding carboxylic acids is 3. The van der Waals surface area contributed by atoms with E-state index in [9.17, 15) is 29.1 Å². The number of benzene rings is 1. The van der Waals surface area contributed by atoms with Crippen LogP contribution in [0.5, 0.6) is 0 Å². The second-order valence-corrected chi connectivity index (χ2v) is 12.1. The van der Waals surface area contributed by atoms with E-state index in [1.165, 1.54) is 18.3 Å². The minimum Gasteiger partial charge on any atom is -0.480 e. The summed E-state index contributed by atoms with van der Waals surface area (Å²) in [6.07, 6.45) is 2.83. The minimum atomic E-state index is -1.26. The number of nitrogens with two attached hydrogens (primary N) is 1. The first kappa shape index (κ1) is 45.1. The SMILES string of the molecule is CCOCCOCCC(=O)NCCCOCCOCCOCCCNC(=O)CC[C@H](NC(=O)c1ccc(NCc2cnc3nc(N)[nH]c(=O)c3n2)cc1)C(=O)O. The number of carboxylic acid groups (broad SMARTS) is 1. The lowest BCUT2D eigenvalue weighted by atomic mass is 10.1. The maximum Gasteiger partial charge on any atom is 0.326 e. The average molecular weight is 788 g/mol. The number of aliphatic carboxylic acids is 1. The van der Waals surface area contributed by atoms with Gasteiger partial charge in [-0.3, -0.25) is 24.2 Å². The molecule has 1 atom stereocenters. The van der Waals surface area contributed by atoms with Gasteiger partial charge < -0.3 is 55.8 Å². The van der Waals surface area contributed by atoms with E-state index in [1.807, 2.05) is 6.92 Å². The number of hydrogen-bond donors (Lipinski definition) is 7. The van der Waals surface area contributed by atoms with Crippen molar-refractivity contribution in [3.05, 3.63) is 52.1 Å². The second-order valence-electron chi connectivity index (χ2n) is 12.1. The predicted molar refractivity (Wildman–Crippen MR) is 204 cm³/mol. The number of aromatic amines is 1. The third-order valence-corrected chi connectivity index (χ3v) is 7.74. The van der Waals surface area contributed by atoms with Crippen LogP contribution in [0.4, 0.5) is 11.6 Å². The van der Waals surface area contributed by atoms with Crippen LogP contribution in [0.2, 0.25) is 0 Å². The molecule has 2 aromatic heterocycles. The van der Waals surface area contributed by atoms with Gasteiger partial charge in [0, 0.05) is 57.0 Å². The van der Waals surface area contributed by atoms with Crippen LogP contribution in [0.1, 0.15) is 55.1 Å². The molecule has 308 valence electrons. The molecule has 2 heterocycles. The first-order valence-electron chi connectivity index (χ1n) is 18.5. The van der Waals surface area contributed by atoms with Crippen LogP contribution < -0.4 is 32.6 Å². The number of nitrogens with one attached hydrogen (secondary N) is 5. The van der Waals surface area contributed by atoms with Crippen molar-refractivity contribution in [2.24, 2.45) is 0 Å².